The van der Waals surface area contributed by atoms with E-state index in [1.54, 1.807) is 12.8 Å². The highest BCUT2D eigenvalue weighted by molar-refractivity contribution is 6.81. The zero-order valence-electron chi connectivity index (χ0n) is 12.6. The molecule has 0 unspecified atom stereocenters. The van der Waals surface area contributed by atoms with Crippen molar-refractivity contribution < 1.29 is 0 Å². The quantitative estimate of drug-likeness (QED) is 0.510. The van der Waals surface area contributed by atoms with Crippen LogP contribution in [0, 0.1) is 0 Å². The Bertz CT molecular complexity index is 166. The van der Waals surface area contributed by atoms with Crippen LogP contribution < -0.4 is 0 Å². The predicted molar refractivity (Wildman–Crippen MR) is 82.5 cm³/mol. The minimum atomic E-state index is -0.910. The van der Waals surface area contributed by atoms with Gasteiger partial charge in [-0.2, -0.15) is 0 Å². The van der Waals surface area contributed by atoms with Crippen LogP contribution in [-0.4, -0.2) is 8.07 Å². The third kappa shape index (κ3) is 4.42. The van der Waals surface area contributed by atoms with E-state index in [9.17, 15) is 0 Å². The number of rotatable bonds is 4. The van der Waals surface area contributed by atoms with Crippen LogP contribution in [0.25, 0.3) is 0 Å². The monoisotopic (exact) mass is 254 g/mol. The van der Waals surface area contributed by atoms with Gasteiger partial charge in [-0.1, -0.05) is 96.7 Å². The van der Waals surface area contributed by atoms with E-state index in [1.165, 1.54) is 63.1 Å². The minimum absolute atomic E-state index is 0.910. The average Bonchev–Trinajstić information content (AvgIpc) is 2.39. The molecule has 0 aliphatic heterocycles. The molecule has 0 N–H and O–H groups in total. The lowest BCUT2D eigenvalue weighted by molar-refractivity contribution is 0.494. The first-order chi connectivity index (χ1) is 8.29. The Morgan fingerprint density at radius 1 is 0.647 bits per heavy atom. The van der Waals surface area contributed by atoms with E-state index in [-0.39, 0.29) is 0 Å². The topological polar surface area (TPSA) is 0 Å². The lowest BCUT2D eigenvalue weighted by Crippen LogP contribution is -2.37. The van der Waals surface area contributed by atoms with E-state index in [2.05, 4.69) is 20.8 Å². The Labute approximate surface area is 111 Å². The van der Waals surface area contributed by atoms with Crippen LogP contribution in [0.3, 0.4) is 0 Å². The van der Waals surface area contributed by atoms with Gasteiger partial charge in [0, 0.05) is 0 Å². The fourth-order valence-electron chi connectivity index (χ4n) is 4.04. The minimum Gasteiger partial charge on any atom is -0.0678 e. The van der Waals surface area contributed by atoms with Crippen molar-refractivity contribution in [2.24, 2.45) is 0 Å². The van der Waals surface area contributed by atoms with Crippen molar-refractivity contribution in [3.8, 4) is 0 Å². The summed E-state index contributed by atoms with van der Waals surface area (Å²) < 4.78 is 0. The fraction of sp³-hybridized carbons (Fsp3) is 1.00. The maximum Gasteiger partial charge on any atom is 0.0558 e. The van der Waals surface area contributed by atoms with Gasteiger partial charge in [-0.05, 0) is 5.54 Å². The summed E-state index contributed by atoms with van der Waals surface area (Å²) in [4.78, 5) is 0. The van der Waals surface area contributed by atoms with Gasteiger partial charge in [0.25, 0.3) is 0 Å². The maximum absolute atomic E-state index is 2.48. The summed E-state index contributed by atoms with van der Waals surface area (Å²) in [7, 11) is -0.910. The molecule has 1 saturated carbocycles. The molecule has 0 heterocycles. The molecule has 1 aliphatic rings. The largest absolute Gasteiger partial charge is 0.0678 e. The molecule has 102 valence electrons. The summed E-state index contributed by atoms with van der Waals surface area (Å²) in [5, 5.41) is 0. The second-order valence-corrected chi connectivity index (χ2v) is 11.8. The highest BCUT2D eigenvalue weighted by Gasteiger charge is 2.35. The zero-order valence-corrected chi connectivity index (χ0v) is 13.6. The van der Waals surface area contributed by atoms with Crippen LogP contribution in [0.1, 0.15) is 78.6 Å². The Morgan fingerprint density at radius 3 is 1.35 bits per heavy atom. The first-order valence-corrected chi connectivity index (χ1v) is 11.0. The van der Waals surface area contributed by atoms with Gasteiger partial charge in [0.2, 0.25) is 0 Å². The van der Waals surface area contributed by atoms with E-state index in [0.717, 1.165) is 5.54 Å². The zero-order chi connectivity index (χ0) is 12.6. The van der Waals surface area contributed by atoms with Crippen molar-refractivity contribution in [2.75, 3.05) is 0 Å². The molecule has 0 nitrogen and oxygen atoms in total. The molecule has 0 aromatic heterocycles. The van der Waals surface area contributed by atoms with Crippen molar-refractivity contribution in [2.45, 2.75) is 102 Å². The highest BCUT2D eigenvalue weighted by Crippen LogP contribution is 2.41. The van der Waals surface area contributed by atoms with Crippen LogP contribution >= 0.6 is 0 Å². The van der Waals surface area contributed by atoms with Crippen LogP contribution in [0.2, 0.25) is 23.7 Å². The van der Waals surface area contributed by atoms with Crippen LogP contribution in [0.5, 0.6) is 0 Å². The van der Waals surface area contributed by atoms with Crippen LogP contribution in [0.4, 0.5) is 0 Å². The third-order valence-corrected chi connectivity index (χ3v) is 12.1. The molecule has 0 aromatic rings. The second kappa shape index (κ2) is 8.34. The Hall–Kier alpha value is 0.217. The van der Waals surface area contributed by atoms with Gasteiger partial charge in [-0.15, -0.1) is 0 Å². The standard InChI is InChI=1S/C16H34Si/c1-4-17(5-2,6-3)16-14-12-10-8-7-9-11-13-15-16/h16H,4-15H2,1-3H3. The van der Waals surface area contributed by atoms with Crippen molar-refractivity contribution in [1.82, 2.24) is 0 Å². The van der Waals surface area contributed by atoms with E-state index in [4.69, 9.17) is 0 Å². The molecule has 1 rings (SSSR count). The molecule has 0 atom stereocenters. The summed E-state index contributed by atoms with van der Waals surface area (Å²) in [5.74, 6) is 0. The number of hydrogen-bond acceptors (Lipinski definition) is 0. The molecular weight excluding hydrogens is 220 g/mol. The predicted octanol–water partition coefficient (Wildman–Crippen LogP) is 6.39. The molecule has 0 saturated heterocycles. The van der Waals surface area contributed by atoms with Crippen molar-refractivity contribution in [1.29, 1.82) is 0 Å². The molecule has 17 heavy (non-hydrogen) atoms. The summed E-state index contributed by atoms with van der Waals surface area (Å²) >= 11 is 0. The lowest BCUT2D eigenvalue weighted by Gasteiger charge is -2.38. The van der Waals surface area contributed by atoms with Gasteiger partial charge in [-0.3, -0.25) is 0 Å². The summed E-state index contributed by atoms with van der Waals surface area (Å²) in [6.45, 7) is 7.45. The molecule has 0 aromatic carbocycles. The Morgan fingerprint density at radius 2 is 1.00 bits per heavy atom. The highest BCUT2D eigenvalue weighted by atomic mass is 28.3. The maximum atomic E-state index is 2.48. The number of hydrogen-bond donors (Lipinski definition) is 0. The normalized spacial score (nSPS) is 21.4. The van der Waals surface area contributed by atoms with E-state index >= 15 is 0 Å². The van der Waals surface area contributed by atoms with Crippen molar-refractivity contribution >= 4 is 8.07 Å². The van der Waals surface area contributed by atoms with Gasteiger partial charge in [0.15, 0.2) is 0 Å². The Kier molecular flexibility index (Phi) is 7.50. The molecule has 1 fully saturated rings. The van der Waals surface area contributed by atoms with Crippen LogP contribution in [-0.2, 0) is 0 Å². The smallest absolute Gasteiger partial charge is 0.0558 e. The molecule has 0 spiro atoms. The second-order valence-electron chi connectivity index (χ2n) is 6.17. The van der Waals surface area contributed by atoms with Gasteiger partial charge < -0.3 is 0 Å². The summed E-state index contributed by atoms with van der Waals surface area (Å²) in [5.41, 5.74) is 1.15. The molecule has 1 aliphatic carbocycles. The van der Waals surface area contributed by atoms with Crippen LogP contribution in [0.15, 0.2) is 0 Å². The fourth-order valence-corrected chi connectivity index (χ4v) is 8.90. The first-order valence-electron chi connectivity index (χ1n) is 8.29. The van der Waals surface area contributed by atoms with Gasteiger partial charge in [-0.25, -0.2) is 0 Å². The lowest BCUT2D eigenvalue weighted by atomic mass is 10.0. The van der Waals surface area contributed by atoms with Gasteiger partial charge in [0.1, 0.15) is 0 Å². The van der Waals surface area contributed by atoms with Gasteiger partial charge >= 0.3 is 0 Å². The summed E-state index contributed by atoms with van der Waals surface area (Å²) in [6.07, 6.45) is 13.7. The average molecular weight is 255 g/mol. The van der Waals surface area contributed by atoms with E-state index < -0.39 is 8.07 Å². The first kappa shape index (κ1) is 15.3. The molecule has 1 heteroatoms. The van der Waals surface area contributed by atoms with Crippen molar-refractivity contribution in [3.05, 3.63) is 0 Å². The third-order valence-electron chi connectivity index (χ3n) is 5.58. The summed E-state index contributed by atoms with van der Waals surface area (Å²) in [6, 6.07) is 4.60. The SMILES string of the molecule is CC[Si](CC)(CC)C1CCCCCCCCC1. The Balaban J connectivity index is 2.61. The molecule has 0 amide bonds. The van der Waals surface area contributed by atoms with E-state index in [1.807, 2.05) is 0 Å². The molecule has 0 radical (unpaired) electrons. The van der Waals surface area contributed by atoms with E-state index in [0.29, 0.717) is 0 Å². The van der Waals surface area contributed by atoms with Gasteiger partial charge in [0.05, 0.1) is 8.07 Å². The molecule has 0 bridgehead atoms. The van der Waals surface area contributed by atoms with Crippen molar-refractivity contribution in [3.63, 3.8) is 0 Å². The molecular formula is C16H34Si.